The normalized spacial score (nSPS) is 21.3. The van der Waals surface area contributed by atoms with E-state index in [9.17, 15) is 13.2 Å². The molecule has 1 aliphatic heterocycles. The first-order valence-corrected chi connectivity index (χ1v) is 9.27. The van der Waals surface area contributed by atoms with Crippen LogP contribution in [0.3, 0.4) is 0 Å². The predicted molar refractivity (Wildman–Crippen MR) is 99.0 cm³/mol. The number of benzene rings is 1. The molecule has 1 saturated heterocycles. The Morgan fingerprint density at radius 2 is 1.96 bits per heavy atom. The van der Waals surface area contributed by atoms with Crippen LogP contribution < -0.4 is 10.6 Å². The van der Waals surface area contributed by atoms with Gasteiger partial charge in [0.1, 0.15) is 5.69 Å². The fraction of sp³-hybridized carbons (Fsp3) is 0.389. The number of piperidine rings is 1. The second kappa shape index (κ2) is 8.01. The summed E-state index contributed by atoms with van der Waals surface area (Å²) in [6, 6.07) is 13.2. The molecule has 2 atom stereocenters. The van der Waals surface area contributed by atoms with Gasteiger partial charge >= 0.3 is 6.18 Å². The first-order valence-electron chi connectivity index (χ1n) is 8.19. The van der Waals surface area contributed by atoms with Crippen molar-refractivity contribution in [3.63, 3.8) is 0 Å². The molecule has 7 heteroatoms. The molecule has 25 heavy (non-hydrogen) atoms. The van der Waals surface area contributed by atoms with Crippen LogP contribution in [0.5, 0.6) is 0 Å². The fourth-order valence-electron chi connectivity index (χ4n) is 3.14. The molecule has 0 saturated carbocycles. The maximum atomic E-state index is 12.9. The molecule has 134 valence electrons. The van der Waals surface area contributed by atoms with Crippen LogP contribution in [0.1, 0.15) is 35.8 Å². The highest BCUT2D eigenvalue weighted by molar-refractivity contribution is 14.1. The number of nitrogens with one attached hydrogen (secondary N) is 2. The van der Waals surface area contributed by atoms with Gasteiger partial charge in [-0.05, 0) is 59.7 Å². The third-order valence-corrected chi connectivity index (χ3v) is 4.92. The van der Waals surface area contributed by atoms with Crippen molar-refractivity contribution in [2.75, 3.05) is 6.54 Å². The highest BCUT2D eigenvalue weighted by atomic mass is 125. The van der Waals surface area contributed by atoms with Crippen molar-refractivity contribution in [3.8, 4) is 0 Å². The van der Waals surface area contributed by atoms with Gasteiger partial charge in [-0.3, -0.25) is 0 Å². The zero-order chi connectivity index (χ0) is 17.9. The molecule has 1 aliphatic rings. The first-order chi connectivity index (χ1) is 11.9. The van der Waals surface area contributed by atoms with Gasteiger partial charge in [0.05, 0.1) is 5.69 Å². The largest absolute Gasteiger partial charge is 0.433 e. The number of aromatic nitrogens is 1. The zero-order valence-corrected chi connectivity index (χ0v) is 15.6. The van der Waals surface area contributed by atoms with E-state index in [1.165, 1.54) is 5.56 Å². The average molecular weight is 459 g/mol. The highest BCUT2D eigenvalue weighted by Crippen LogP contribution is 2.29. The molecule has 2 heterocycles. The van der Waals surface area contributed by atoms with E-state index in [1.807, 2.05) is 40.8 Å². The van der Waals surface area contributed by atoms with Crippen molar-refractivity contribution in [2.45, 2.75) is 37.6 Å². The van der Waals surface area contributed by atoms with Gasteiger partial charge in [-0.1, -0.05) is 30.3 Å². The second-order valence-electron chi connectivity index (χ2n) is 6.13. The SMILES string of the molecule is FC(F)(F)c1cc([125I])cc(CNC2CCCNC2c2ccccc2)n1. The summed E-state index contributed by atoms with van der Waals surface area (Å²) in [5, 5.41) is 6.90. The number of alkyl halides is 3. The van der Waals surface area contributed by atoms with Gasteiger partial charge in [0.15, 0.2) is 0 Å². The Morgan fingerprint density at radius 1 is 1.20 bits per heavy atom. The van der Waals surface area contributed by atoms with Gasteiger partial charge in [0, 0.05) is 22.2 Å². The number of nitrogens with zero attached hydrogens (tertiary/aromatic N) is 1. The maximum Gasteiger partial charge on any atom is 0.433 e. The number of hydrogen-bond donors (Lipinski definition) is 2. The summed E-state index contributed by atoms with van der Waals surface area (Å²) < 4.78 is 39.3. The third-order valence-electron chi connectivity index (χ3n) is 4.30. The summed E-state index contributed by atoms with van der Waals surface area (Å²) in [5.41, 5.74) is 0.764. The second-order valence-corrected chi connectivity index (χ2v) is 7.38. The molecule has 0 aliphatic carbocycles. The van der Waals surface area contributed by atoms with Crippen LogP contribution in [-0.4, -0.2) is 17.6 Å². The van der Waals surface area contributed by atoms with Crippen LogP contribution in [0, 0.1) is 3.57 Å². The molecule has 2 aromatic rings. The van der Waals surface area contributed by atoms with Gasteiger partial charge in [0.2, 0.25) is 0 Å². The van der Waals surface area contributed by atoms with Crippen molar-refractivity contribution in [3.05, 3.63) is 63.0 Å². The summed E-state index contributed by atoms with van der Waals surface area (Å²) in [4.78, 5) is 3.77. The van der Waals surface area contributed by atoms with Crippen molar-refractivity contribution < 1.29 is 13.2 Å². The van der Waals surface area contributed by atoms with E-state index < -0.39 is 11.9 Å². The van der Waals surface area contributed by atoms with Crippen LogP contribution in [-0.2, 0) is 12.7 Å². The highest BCUT2D eigenvalue weighted by Gasteiger charge is 2.33. The maximum absolute atomic E-state index is 12.9. The average Bonchev–Trinajstić information content (AvgIpc) is 2.60. The molecule has 3 nitrogen and oxygen atoms in total. The van der Waals surface area contributed by atoms with Crippen LogP contribution in [0.25, 0.3) is 0 Å². The molecule has 1 aromatic heterocycles. The Kier molecular flexibility index (Phi) is 5.96. The number of pyridine rings is 1. The van der Waals surface area contributed by atoms with Gasteiger partial charge in [-0.25, -0.2) is 4.98 Å². The van der Waals surface area contributed by atoms with Crippen molar-refractivity contribution in [1.29, 1.82) is 0 Å². The van der Waals surface area contributed by atoms with Crippen LogP contribution in [0.4, 0.5) is 13.2 Å². The third kappa shape index (κ3) is 4.92. The molecule has 0 bridgehead atoms. The summed E-state index contributed by atoms with van der Waals surface area (Å²) in [7, 11) is 0. The summed E-state index contributed by atoms with van der Waals surface area (Å²) in [5.74, 6) is 0. The Bertz CT molecular complexity index is 706. The quantitative estimate of drug-likeness (QED) is 0.671. The van der Waals surface area contributed by atoms with Crippen LogP contribution >= 0.6 is 22.6 Å². The lowest BCUT2D eigenvalue weighted by atomic mass is 9.92. The van der Waals surface area contributed by atoms with Gasteiger partial charge in [-0.2, -0.15) is 13.2 Å². The minimum absolute atomic E-state index is 0.153. The number of hydrogen-bond acceptors (Lipinski definition) is 3. The van der Waals surface area contributed by atoms with E-state index in [0.717, 1.165) is 25.5 Å². The van der Waals surface area contributed by atoms with Crippen LogP contribution in [0.2, 0.25) is 0 Å². The molecule has 0 radical (unpaired) electrons. The fourth-order valence-corrected chi connectivity index (χ4v) is 3.80. The lowest BCUT2D eigenvalue weighted by molar-refractivity contribution is -0.141. The van der Waals surface area contributed by atoms with Crippen molar-refractivity contribution in [1.82, 2.24) is 15.6 Å². The molecule has 2 N–H and O–H groups in total. The molecule has 1 fully saturated rings. The molecule has 0 spiro atoms. The Hall–Kier alpha value is -1.19. The lowest BCUT2D eigenvalue weighted by Gasteiger charge is -2.33. The van der Waals surface area contributed by atoms with E-state index in [0.29, 0.717) is 15.8 Å². The number of rotatable bonds is 4. The Balaban J connectivity index is 1.72. The Labute approximate surface area is 158 Å². The van der Waals surface area contributed by atoms with E-state index in [1.54, 1.807) is 6.07 Å². The molecule has 2 unspecified atom stereocenters. The van der Waals surface area contributed by atoms with Gasteiger partial charge in [-0.15, -0.1) is 0 Å². The summed E-state index contributed by atoms with van der Waals surface area (Å²) >= 11 is 1.90. The predicted octanol–water partition coefficient (Wildman–Crippen LogP) is 4.29. The topological polar surface area (TPSA) is 37.0 Å². The molecular weight excluding hydrogens is 440 g/mol. The zero-order valence-electron chi connectivity index (χ0n) is 13.5. The smallest absolute Gasteiger partial charge is 0.309 e. The summed E-state index contributed by atoms with van der Waals surface area (Å²) in [6.45, 7) is 1.26. The molecular formula is C18H19F3IN3. The molecule has 0 amide bonds. The van der Waals surface area contributed by atoms with Crippen LogP contribution in [0.15, 0.2) is 42.5 Å². The van der Waals surface area contributed by atoms with E-state index in [-0.39, 0.29) is 12.1 Å². The van der Waals surface area contributed by atoms with E-state index in [2.05, 4.69) is 27.8 Å². The minimum atomic E-state index is -4.42. The van der Waals surface area contributed by atoms with Gasteiger partial charge in [0.25, 0.3) is 0 Å². The molecule has 1 aromatic carbocycles. The number of halogens is 4. The standard InChI is InChI=1S/C18H19F3IN3/c19-18(20,21)16-10-13(22)9-14(25-16)11-24-15-7-4-8-23-17(15)12-5-2-1-3-6-12/h1-3,5-6,9-10,15,17,23-24H,4,7-8,11H2/i22-2. The monoisotopic (exact) mass is 459 g/mol. The van der Waals surface area contributed by atoms with E-state index in [4.69, 9.17) is 0 Å². The molecule has 3 rings (SSSR count). The summed E-state index contributed by atoms with van der Waals surface area (Å²) in [6.07, 6.45) is -2.41. The van der Waals surface area contributed by atoms with Gasteiger partial charge < -0.3 is 10.6 Å². The Morgan fingerprint density at radius 3 is 2.68 bits per heavy atom. The van der Waals surface area contributed by atoms with Crippen molar-refractivity contribution in [2.24, 2.45) is 0 Å². The van der Waals surface area contributed by atoms with Crippen molar-refractivity contribution >= 4 is 22.6 Å². The van der Waals surface area contributed by atoms with E-state index >= 15 is 0 Å². The minimum Gasteiger partial charge on any atom is -0.309 e. The lowest BCUT2D eigenvalue weighted by Crippen LogP contribution is -2.45. The first kappa shape index (κ1) is 18.6.